The Balaban J connectivity index is 1.77. The van der Waals surface area contributed by atoms with Crippen LogP contribution in [0.25, 0.3) is 0 Å². The summed E-state index contributed by atoms with van der Waals surface area (Å²) in [4.78, 5) is 66.4. The fourth-order valence-electron chi connectivity index (χ4n) is 3.68. The summed E-state index contributed by atoms with van der Waals surface area (Å²) in [6.45, 7) is 2.15. The van der Waals surface area contributed by atoms with E-state index < -0.39 is 46.9 Å². The lowest BCUT2D eigenvalue weighted by molar-refractivity contribution is -0.138. The molecule has 0 fully saturated rings. The average molecular weight is 512 g/mol. The van der Waals surface area contributed by atoms with Crippen LogP contribution in [0.2, 0.25) is 0 Å². The predicted octanol–water partition coefficient (Wildman–Crippen LogP) is 3.98. The Hall–Kier alpha value is -4.87. The number of benzene rings is 2. The molecule has 0 aliphatic heterocycles. The number of esters is 2. The van der Waals surface area contributed by atoms with Crippen molar-refractivity contribution in [3.05, 3.63) is 82.0 Å². The number of rotatable bonds is 4. The number of ether oxygens (including phenoxy) is 2. The zero-order valence-corrected chi connectivity index (χ0v) is 19.1. The van der Waals surface area contributed by atoms with Gasteiger partial charge in [0.05, 0.1) is 16.7 Å². The lowest BCUT2D eigenvalue weighted by atomic mass is 9.82. The number of carbonyl (C=O) groups is 5. The third-order valence-electron chi connectivity index (χ3n) is 5.17. The third kappa shape index (κ3) is 4.94. The highest BCUT2D eigenvalue weighted by Crippen LogP contribution is 2.38. The molecule has 37 heavy (non-hydrogen) atoms. The summed E-state index contributed by atoms with van der Waals surface area (Å²) >= 11 is 0. The van der Waals surface area contributed by atoms with Gasteiger partial charge in [0.25, 0.3) is 5.91 Å². The molecule has 0 spiro atoms. The van der Waals surface area contributed by atoms with E-state index in [0.29, 0.717) is 6.20 Å². The summed E-state index contributed by atoms with van der Waals surface area (Å²) < 4.78 is 48.5. The Morgan fingerprint density at radius 1 is 0.838 bits per heavy atom. The SMILES string of the molecule is CC(=O)Oc1cccc2c1C(=O)c1c(OC(C)=O)cc(C(=O)Nc3ccc(C(F)(F)F)cn3)cc1C2=O. The van der Waals surface area contributed by atoms with Crippen molar-refractivity contribution in [1.29, 1.82) is 0 Å². The summed E-state index contributed by atoms with van der Waals surface area (Å²) in [7, 11) is 0. The van der Waals surface area contributed by atoms with Crippen molar-refractivity contribution in [3.63, 3.8) is 0 Å². The first-order valence-corrected chi connectivity index (χ1v) is 10.5. The third-order valence-corrected chi connectivity index (χ3v) is 5.17. The second kappa shape index (κ2) is 9.30. The van der Waals surface area contributed by atoms with Gasteiger partial charge in [-0.2, -0.15) is 13.2 Å². The molecule has 3 aromatic rings. The van der Waals surface area contributed by atoms with Crippen LogP contribution in [0.15, 0.2) is 48.7 Å². The number of alkyl halides is 3. The summed E-state index contributed by atoms with van der Waals surface area (Å²) in [6.07, 6.45) is -4.09. The monoisotopic (exact) mass is 512 g/mol. The molecular formula is C25H15F3N2O7. The van der Waals surface area contributed by atoms with Crippen molar-refractivity contribution in [3.8, 4) is 11.5 Å². The molecule has 0 radical (unpaired) electrons. The molecule has 0 atom stereocenters. The van der Waals surface area contributed by atoms with Gasteiger partial charge in [0, 0.05) is 36.7 Å². The second-order valence-electron chi connectivity index (χ2n) is 7.81. The molecule has 0 bridgehead atoms. The van der Waals surface area contributed by atoms with Gasteiger partial charge in [-0.05, 0) is 30.3 Å². The minimum Gasteiger partial charge on any atom is -0.426 e. The normalized spacial score (nSPS) is 12.4. The van der Waals surface area contributed by atoms with Crippen LogP contribution in [-0.4, -0.2) is 34.4 Å². The summed E-state index contributed by atoms with van der Waals surface area (Å²) in [5.74, 6) is -4.78. The quantitative estimate of drug-likeness (QED) is 0.321. The van der Waals surface area contributed by atoms with Crippen LogP contribution in [0.1, 0.15) is 61.6 Å². The maximum Gasteiger partial charge on any atom is 0.417 e. The molecule has 1 amide bonds. The molecule has 188 valence electrons. The lowest BCUT2D eigenvalue weighted by Crippen LogP contribution is -2.25. The van der Waals surface area contributed by atoms with Gasteiger partial charge in [0.2, 0.25) is 5.78 Å². The van der Waals surface area contributed by atoms with E-state index in [2.05, 4.69) is 10.3 Å². The lowest BCUT2D eigenvalue weighted by Gasteiger charge is -2.22. The molecule has 1 aliphatic rings. The maximum absolute atomic E-state index is 13.4. The van der Waals surface area contributed by atoms with Gasteiger partial charge >= 0.3 is 18.1 Å². The van der Waals surface area contributed by atoms with E-state index in [9.17, 15) is 37.1 Å². The largest absolute Gasteiger partial charge is 0.426 e. The molecule has 0 unspecified atom stereocenters. The van der Waals surface area contributed by atoms with E-state index in [-0.39, 0.29) is 39.4 Å². The molecular weight excluding hydrogens is 497 g/mol. The fraction of sp³-hybridized carbons (Fsp3) is 0.120. The van der Waals surface area contributed by atoms with Gasteiger partial charge in [-0.1, -0.05) is 12.1 Å². The van der Waals surface area contributed by atoms with Crippen molar-refractivity contribution >= 4 is 35.2 Å². The molecule has 9 nitrogen and oxygen atoms in total. The zero-order valence-electron chi connectivity index (χ0n) is 19.1. The van der Waals surface area contributed by atoms with E-state index in [1.807, 2.05) is 0 Å². The molecule has 1 N–H and O–H groups in total. The van der Waals surface area contributed by atoms with E-state index in [1.165, 1.54) is 18.2 Å². The number of amides is 1. The number of anilines is 1. The van der Waals surface area contributed by atoms with Crippen LogP contribution in [0.5, 0.6) is 11.5 Å². The minimum atomic E-state index is -4.62. The Morgan fingerprint density at radius 3 is 2.08 bits per heavy atom. The molecule has 1 heterocycles. The first-order chi connectivity index (χ1) is 17.4. The Bertz CT molecular complexity index is 1500. The molecule has 1 aromatic heterocycles. The van der Waals surface area contributed by atoms with Crippen LogP contribution in [0, 0.1) is 0 Å². The smallest absolute Gasteiger partial charge is 0.417 e. The standard InChI is InChI=1S/C25H15F3N2O7/c1-11(31)36-17-5-3-4-15-20(17)23(34)21-16(22(15)33)8-13(9-18(21)37-12(2)32)24(35)30-19-7-6-14(10-29-19)25(26,27)28/h3-10H,1-2H3,(H,29,30,35). The van der Waals surface area contributed by atoms with Crippen molar-refractivity contribution in [2.24, 2.45) is 0 Å². The van der Waals surface area contributed by atoms with E-state index >= 15 is 0 Å². The topological polar surface area (TPSA) is 129 Å². The Labute approximate surface area is 206 Å². The number of pyridine rings is 1. The number of carbonyl (C=O) groups excluding carboxylic acids is 5. The predicted molar refractivity (Wildman–Crippen MR) is 120 cm³/mol. The highest BCUT2D eigenvalue weighted by Gasteiger charge is 2.37. The number of fused-ring (bicyclic) bond motifs is 2. The van der Waals surface area contributed by atoms with Crippen LogP contribution >= 0.6 is 0 Å². The van der Waals surface area contributed by atoms with E-state index in [4.69, 9.17) is 9.47 Å². The van der Waals surface area contributed by atoms with Crippen LogP contribution in [-0.2, 0) is 15.8 Å². The van der Waals surface area contributed by atoms with Gasteiger partial charge in [0.1, 0.15) is 17.3 Å². The molecule has 12 heteroatoms. The van der Waals surface area contributed by atoms with Crippen LogP contribution < -0.4 is 14.8 Å². The number of hydrogen-bond acceptors (Lipinski definition) is 8. The summed E-state index contributed by atoms with van der Waals surface area (Å²) in [5.41, 5.74) is -2.16. The number of nitrogens with zero attached hydrogens (tertiary/aromatic N) is 1. The van der Waals surface area contributed by atoms with Gasteiger partial charge < -0.3 is 14.8 Å². The first kappa shape index (κ1) is 25.2. The van der Waals surface area contributed by atoms with Crippen LogP contribution in [0.4, 0.5) is 19.0 Å². The van der Waals surface area contributed by atoms with E-state index in [0.717, 1.165) is 38.1 Å². The molecule has 0 saturated carbocycles. The number of nitrogens with one attached hydrogen (secondary N) is 1. The second-order valence-corrected chi connectivity index (χ2v) is 7.81. The fourth-order valence-corrected chi connectivity index (χ4v) is 3.68. The molecule has 2 aromatic carbocycles. The van der Waals surface area contributed by atoms with Gasteiger partial charge in [0.15, 0.2) is 5.78 Å². The number of halogens is 3. The maximum atomic E-state index is 13.4. The highest BCUT2D eigenvalue weighted by molar-refractivity contribution is 6.31. The minimum absolute atomic E-state index is 0.105. The number of hydrogen-bond donors (Lipinski definition) is 1. The van der Waals surface area contributed by atoms with Crippen molar-refractivity contribution in [2.75, 3.05) is 5.32 Å². The first-order valence-electron chi connectivity index (χ1n) is 10.5. The molecule has 4 rings (SSSR count). The zero-order chi connectivity index (χ0) is 27.1. The molecule has 1 aliphatic carbocycles. The Kier molecular flexibility index (Phi) is 6.34. The molecule has 0 saturated heterocycles. The number of ketones is 2. The average Bonchev–Trinajstić information content (AvgIpc) is 2.81. The van der Waals surface area contributed by atoms with Gasteiger partial charge in [-0.25, -0.2) is 4.98 Å². The Morgan fingerprint density at radius 2 is 1.49 bits per heavy atom. The van der Waals surface area contributed by atoms with Crippen LogP contribution in [0.3, 0.4) is 0 Å². The van der Waals surface area contributed by atoms with Crippen molar-refractivity contribution < 1.29 is 46.6 Å². The summed E-state index contributed by atoms with van der Waals surface area (Å²) in [5, 5.41) is 2.29. The van der Waals surface area contributed by atoms with Gasteiger partial charge in [-0.3, -0.25) is 24.0 Å². The summed E-state index contributed by atoms with van der Waals surface area (Å²) in [6, 6.07) is 7.82. The van der Waals surface area contributed by atoms with E-state index in [1.54, 1.807) is 0 Å². The highest BCUT2D eigenvalue weighted by atomic mass is 19.4. The van der Waals surface area contributed by atoms with Crippen molar-refractivity contribution in [2.45, 2.75) is 20.0 Å². The van der Waals surface area contributed by atoms with Gasteiger partial charge in [-0.15, -0.1) is 0 Å². The number of aromatic nitrogens is 1. The van der Waals surface area contributed by atoms with Crippen molar-refractivity contribution in [1.82, 2.24) is 4.98 Å².